The van der Waals surface area contributed by atoms with Gasteiger partial charge >= 0.3 is 0 Å². The van der Waals surface area contributed by atoms with Crippen LogP contribution in [0.2, 0.25) is 5.02 Å². The van der Waals surface area contributed by atoms with Crippen LogP contribution in [0.4, 0.5) is 25.8 Å². The van der Waals surface area contributed by atoms with Gasteiger partial charge in [0.1, 0.15) is 0 Å². The second-order valence-electron chi connectivity index (χ2n) is 9.75. The highest BCUT2D eigenvalue weighted by Gasteiger charge is 2.61. The van der Waals surface area contributed by atoms with Crippen LogP contribution in [0.3, 0.4) is 0 Å². The maximum Gasteiger partial charge on any atom is 0.257 e. The first-order valence-electron chi connectivity index (χ1n) is 11.2. The zero-order valence-corrected chi connectivity index (χ0v) is 21.1. The zero-order valence-electron chi connectivity index (χ0n) is 19.6. The number of rotatable bonds is 6. The standard InChI is InChI=1S/C24H24ClF2N5O3S/c1-31-10-15(22(33)29-17-6-16(25)7-18(8-17)30-36(2,34)35)5-21(31)20-4-3-19(9-28-20)32-13-23(14-32)11-24(26,27)12-23/h3-10,30H,11-14H2,1-2H3,(H,29,33). The van der Waals surface area contributed by atoms with Gasteiger partial charge in [0, 0.05) is 55.3 Å². The van der Waals surface area contributed by atoms with Gasteiger partial charge in [-0.15, -0.1) is 0 Å². The molecular formula is C24H24ClF2N5O3S. The van der Waals surface area contributed by atoms with Crippen molar-refractivity contribution in [2.24, 2.45) is 12.5 Å². The number of pyridine rings is 1. The summed E-state index contributed by atoms with van der Waals surface area (Å²) >= 11 is 6.07. The minimum absolute atomic E-state index is 0.0408. The van der Waals surface area contributed by atoms with Crippen molar-refractivity contribution in [2.45, 2.75) is 18.8 Å². The van der Waals surface area contributed by atoms with E-state index in [0.717, 1.165) is 17.6 Å². The number of carbonyl (C=O) groups excluding carboxylic acids is 1. The number of carbonyl (C=O) groups is 1. The molecule has 190 valence electrons. The van der Waals surface area contributed by atoms with Crippen molar-refractivity contribution in [3.63, 3.8) is 0 Å². The Balaban J connectivity index is 1.27. The molecule has 12 heteroatoms. The van der Waals surface area contributed by atoms with Crippen LogP contribution in [0, 0.1) is 5.41 Å². The Kier molecular flexibility index (Phi) is 5.75. The summed E-state index contributed by atoms with van der Waals surface area (Å²) in [7, 11) is -1.71. The van der Waals surface area contributed by atoms with Crippen LogP contribution in [0.25, 0.3) is 11.4 Å². The second-order valence-corrected chi connectivity index (χ2v) is 11.9. The molecule has 0 bridgehead atoms. The molecule has 1 aliphatic heterocycles. The number of alkyl halides is 2. The lowest BCUT2D eigenvalue weighted by atomic mass is 9.61. The molecule has 1 saturated heterocycles. The molecule has 1 spiro atoms. The first-order chi connectivity index (χ1) is 16.8. The average molecular weight is 536 g/mol. The van der Waals surface area contributed by atoms with E-state index < -0.39 is 21.9 Å². The number of hydrogen-bond acceptors (Lipinski definition) is 5. The molecule has 1 aliphatic carbocycles. The van der Waals surface area contributed by atoms with Crippen molar-refractivity contribution in [2.75, 3.05) is 34.3 Å². The highest BCUT2D eigenvalue weighted by molar-refractivity contribution is 7.92. The average Bonchev–Trinajstić information content (AvgIpc) is 3.10. The predicted molar refractivity (Wildman–Crippen MR) is 135 cm³/mol. The predicted octanol–water partition coefficient (Wildman–Crippen LogP) is 4.60. The highest BCUT2D eigenvalue weighted by Crippen LogP contribution is 2.57. The third-order valence-corrected chi connectivity index (χ3v) is 7.25. The minimum Gasteiger partial charge on any atom is -0.369 e. The van der Waals surface area contributed by atoms with E-state index in [-0.39, 0.29) is 29.0 Å². The van der Waals surface area contributed by atoms with Gasteiger partial charge in [0.25, 0.3) is 5.91 Å². The molecule has 3 aromatic rings. The highest BCUT2D eigenvalue weighted by atomic mass is 35.5. The number of benzene rings is 1. The summed E-state index contributed by atoms with van der Waals surface area (Å²) in [6.45, 7) is 1.23. The summed E-state index contributed by atoms with van der Waals surface area (Å²) in [5.41, 5.74) is 2.95. The first-order valence-corrected chi connectivity index (χ1v) is 13.4. The lowest BCUT2D eigenvalue weighted by Gasteiger charge is -2.59. The van der Waals surface area contributed by atoms with Crippen LogP contribution in [-0.4, -0.2) is 49.1 Å². The van der Waals surface area contributed by atoms with Crippen molar-refractivity contribution in [1.29, 1.82) is 0 Å². The fourth-order valence-corrected chi connectivity index (χ4v) is 5.80. The van der Waals surface area contributed by atoms with Crippen LogP contribution in [0.5, 0.6) is 0 Å². The van der Waals surface area contributed by atoms with Crippen LogP contribution < -0.4 is 14.9 Å². The lowest BCUT2D eigenvalue weighted by molar-refractivity contribution is -0.170. The second kappa shape index (κ2) is 8.45. The number of nitrogens with one attached hydrogen (secondary N) is 2. The van der Waals surface area contributed by atoms with Gasteiger partial charge in [-0.25, -0.2) is 17.2 Å². The van der Waals surface area contributed by atoms with Gasteiger partial charge in [0.2, 0.25) is 15.9 Å². The van der Waals surface area contributed by atoms with Gasteiger partial charge in [-0.2, -0.15) is 0 Å². The molecule has 2 aliphatic rings. The number of anilines is 3. The smallest absolute Gasteiger partial charge is 0.257 e. The van der Waals surface area contributed by atoms with Crippen LogP contribution in [-0.2, 0) is 17.1 Å². The molecule has 2 fully saturated rings. The van der Waals surface area contributed by atoms with Gasteiger partial charge in [0.05, 0.1) is 40.8 Å². The van der Waals surface area contributed by atoms with E-state index in [4.69, 9.17) is 11.6 Å². The molecule has 0 radical (unpaired) electrons. The topological polar surface area (TPSA) is 96.3 Å². The Hall–Kier alpha value is -3.18. The van der Waals surface area contributed by atoms with E-state index in [1.165, 1.54) is 18.2 Å². The maximum absolute atomic E-state index is 13.2. The number of hydrogen-bond donors (Lipinski definition) is 2. The summed E-state index contributed by atoms with van der Waals surface area (Å²) in [6.07, 6.45) is 4.32. The van der Waals surface area contributed by atoms with E-state index in [2.05, 4.69) is 15.0 Å². The summed E-state index contributed by atoms with van der Waals surface area (Å²) in [5.74, 6) is -2.92. The monoisotopic (exact) mass is 535 g/mol. The Labute approximate surface area is 212 Å². The van der Waals surface area contributed by atoms with Crippen molar-refractivity contribution in [1.82, 2.24) is 9.55 Å². The van der Waals surface area contributed by atoms with E-state index in [0.29, 0.717) is 30.0 Å². The summed E-state index contributed by atoms with van der Waals surface area (Å²) < 4.78 is 53.6. The van der Waals surface area contributed by atoms with Gasteiger partial charge in [-0.1, -0.05) is 11.6 Å². The normalized spacial score (nSPS) is 17.9. The van der Waals surface area contributed by atoms with Crippen molar-refractivity contribution >= 4 is 44.6 Å². The zero-order chi connectivity index (χ0) is 25.9. The van der Waals surface area contributed by atoms with E-state index in [9.17, 15) is 22.0 Å². The third kappa shape index (κ3) is 5.03. The van der Waals surface area contributed by atoms with Crippen LogP contribution in [0.15, 0.2) is 48.8 Å². The Bertz CT molecular complexity index is 1440. The lowest BCUT2D eigenvalue weighted by Crippen LogP contribution is -2.66. The Morgan fingerprint density at radius 3 is 2.42 bits per heavy atom. The number of aromatic nitrogens is 2. The SMILES string of the molecule is Cn1cc(C(=O)Nc2cc(Cl)cc(NS(C)(=O)=O)c2)cc1-c1ccc(N2CC3(C2)CC(F)(F)C3)cn1. The number of sulfonamides is 1. The Morgan fingerprint density at radius 2 is 1.81 bits per heavy atom. The molecule has 0 atom stereocenters. The number of halogens is 3. The molecule has 36 heavy (non-hydrogen) atoms. The molecular weight excluding hydrogens is 512 g/mol. The van der Waals surface area contributed by atoms with E-state index in [1.807, 2.05) is 17.0 Å². The quantitative estimate of drug-likeness (QED) is 0.481. The summed E-state index contributed by atoms with van der Waals surface area (Å²) in [4.78, 5) is 19.4. The van der Waals surface area contributed by atoms with Gasteiger partial charge < -0.3 is 14.8 Å². The van der Waals surface area contributed by atoms with Gasteiger partial charge in [-0.05, 0) is 36.4 Å². The van der Waals surface area contributed by atoms with E-state index >= 15 is 0 Å². The molecule has 5 rings (SSSR count). The van der Waals surface area contributed by atoms with Gasteiger partial charge in [-0.3, -0.25) is 14.5 Å². The van der Waals surface area contributed by atoms with Crippen LogP contribution in [0.1, 0.15) is 23.2 Å². The third-order valence-electron chi connectivity index (χ3n) is 6.42. The number of amides is 1. The molecule has 2 aromatic heterocycles. The number of nitrogens with zero attached hydrogens (tertiary/aromatic N) is 3. The van der Waals surface area contributed by atoms with E-state index in [1.54, 1.807) is 30.1 Å². The fraction of sp³-hybridized carbons (Fsp3) is 0.333. The summed E-state index contributed by atoms with van der Waals surface area (Å²) in [5, 5.41) is 2.99. The van der Waals surface area contributed by atoms with Crippen molar-refractivity contribution in [3.05, 3.63) is 59.4 Å². The molecule has 1 aromatic carbocycles. The van der Waals surface area contributed by atoms with Crippen molar-refractivity contribution in [3.8, 4) is 11.4 Å². The molecule has 2 N–H and O–H groups in total. The molecule has 1 amide bonds. The van der Waals surface area contributed by atoms with Gasteiger partial charge in [0.15, 0.2) is 0 Å². The fourth-order valence-electron chi connectivity index (χ4n) is 5.02. The molecule has 0 unspecified atom stereocenters. The minimum atomic E-state index is -3.50. The first kappa shape index (κ1) is 24.5. The molecule has 8 nitrogen and oxygen atoms in total. The van der Waals surface area contributed by atoms with Crippen molar-refractivity contribution < 1.29 is 22.0 Å². The largest absolute Gasteiger partial charge is 0.369 e. The maximum atomic E-state index is 13.2. The number of aryl methyl sites for hydroxylation is 1. The Morgan fingerprint density at radius 1 is 1.11 bits per heavy atom. The van der Waals surface area contributed by atoms with Crippen LogP contribution >= 0.6 is 11.6 Å². The summed E-state index contributed by atoms with van der Waals surface area (Å²) in [6, 6.07) is 9.87. The molecule has 3 heterocycles. The molecule has 1 saturated carbocycles.